The number of hydrogen-bond donors (Lipinski definition) is 2. The molecular weight excluding hydrogens is 382 g/mol. The zero-order valence-corrected chi connectivity index (χ0v) is 14.3. The summed E-state index contributed by atoms with van der Waals surface area (Å²) in [6, 6.07) is 7.90. The molecule has 0 saturated heterocycles. The summed E-state index contributed by atoms with van der Waals surface area (Å²) in [6.07, 6.45) is -3.42. The molecule has 0 fully saturated rings. The molecule has 6 nitrogen and oxygen atoms in total. The lowest BCUT2D eigenvalue weighted by molar-refractivity contribution is -0.274. The number of ether oxygens (including phenoxy) is 1. The predicted octanol–water partition coefficient (Wildman–Crippen LogP) is 4.32. The summed E-state index contributed by atoms with van der Waals surface area (Å²) in [5, 5.41) is 11.7. The van der Waals surface area contributed by atoms with E-state index < -0.39 is 23.9 Å². The molecule has 0 atom stereocenters. The van der Waals surface area contributed by atoms with Crippen LogP contribution >= 0.6 is 0 Å². The molecule has 3 aromatic rings. The standard InChI is InChI=1S/C18H15F4N3O3/c19-12-6-7-14-24-16(11-3-1-4-13(9-11)28-18(20,21)22)17(25(14)10-12)23-8-2-5-15(26)27/h1,3-4,6-7,9-10,23H,2,5,8H2,(H,26,27). The van der Waals surface area contributed by atoms with E-state index in [1.165, 1.54) is 34.9 Å². The average molecular weight is 397 g/mol. The Morgan fingerprint density at radius 2 is 2.04 bits per heavy atom. The molecule has 0 spiro atoms. The largest absolute Gasteiger partial charge is 0.573 e. The van der Waals surface area contributed by atoms with Gasteiger partial charge >= 0.3 is 12.3 Å². The number of benzene rings is 1. The molecule has 2 N–H and O–H groups in total. The van der Waals surface area contributed by atoms with Gasteiger partial charge in [-0.15, -0.1) is 13.2 Å². The van der Waals surface area contributed by atoms with E-state index in [9.17, 15) is 22.4 Å². The van der Waals surface area contributed by atoms with Crippen molar-refractivity contribution in [2.45, 2.75) is 19.2 Å². The molecule has 0 unspecified atom stereocenters. The van der Waals surface area contributed by atoms with E-state index in [2.05, 4.69) is 15.0 Å². The van der Waals surface area contributed by atoms with Gasteiger partial charge in [-0.25, -0.2) is 9.37 Å². The highest BCUT2D eigenvalue weighted by Gasteiger charge is 2.31. The minimum atomic E-state index is -4.83. The number of halogens is 4. The average Bonchev–Trinajstić information content (AvgIpc) is 2.95. The van der Waals surface area contributed by atoms with Gasteiger partial charge in [-0.1, -0.05) is 12.1 Å². The lowest BCUT2D eigenvalue weighted by Crippen LogP contribution is -2.17. The van der Waals surface area contributed by atoms with Crippen LogP contribution in [-0.2, 0) is 4.79 Å². The molecule has 28 heavy (non-hydrogen) atoms. The Kier molecular flexibility index (Phi) is 5.39. The number of pyridine rings is 1. The van der Waals surface area contributed by atoms with Crippen LogP contribution in [0.1, 0.15) is 12.8 Å². The molecule has 2 heterocycles. The third-order valence-electron chi connectivity index (χ3n) is 3.78. The minimum absolute atomic E-state index is 0.0671. The summed E-state index contributed by atoms with van der Waals surface area (Å²) < 4.78 is 56.5. The van der Waals surface area contributed by atoms with E-state index in [4.69, 9.17) is 5.11 Å². The van der Waals surface area contributed by atoms with Crippen molar-refractivity contribution in [1.82, 2.24) is 9.38 Å². The van der Waals surface area contributed by atoms with Crippen molar-refractivity contribution in [2.75, 3.05) is 11.9 Å². The van der Waals surface area contributed by atoms with Gasteiger partial charge in [-0.05, 0) is 30.7 Å². The number of aliphatic carboxylic acids is 1. The summed E-state index contributed by atoms with van der Waals surface area (Å²) in [4.78, 5) is 15.0. The number of carboxylic acids is 1. The van der Waals surface area contributed by atoms with Crippen LogP contribution < -0.4 is 10.1 Å². The first kappa shape index (κ1) is 19.5. The van der Waals surface area contributed by atoms with E-state index >= 15 is 0 Å². The quantitative estimate of drug-likeness (QED) is 0.459. The molecule has 0 saturated carbocycles. The van der Waals surface area contributed by atoms with E-state index in [0.29, 0.717) is 23.4 Å². The molecule has 0 aliphatic rings. The van der Waals surface area contributed by atoms with Crippen molar-refractivity contribution in [1.29, 1.82) is 0 Å². The molecule has 0 aliphatic heterocycles. The van der Waals surface area contributed by atoms with Crippen LogP contribution in [0.5, 0.6) is 5.75 Å². The van der Waals surface area contributed by atoms with E-state index in [0.717, 1.165) is 6.07 Å². The van der Waals surface area contributed by atoms with Gasteiger partial charge in [0.25, 0.3) is 0 Å². The summed E-state index contributed by atoms with van der Waals surface area (Å²) in [5.74, 6) is -1.56. The highest BCUT2D eigenvalue weighted by molar-refractivity contribution is 5.77. The fourth-order valence-corrected chi connectivity index (χ4v) is 2.68. The van der Waals surface area contributed by atoms with Gasteiger partial charge in [0.05, 0.1) is 0 Å². The molecule has 1 aromatic carbocycles. The normalized spacial score (nSPS) is 11.6. The van der Waals surface area contributed by atoms with Crippen LogP contribution in [0, 0.1) is 5.82 Å². The first-order valence-electron chi connectivity index (χ1n) is 8.22. The molecule has 148 valence electrons. The zero-order valence-electron chi connectivity index (χ0n) is 14.3. The van der Waals surface area contributed by atoms with Crippen molar-refractivity contribution < 1.29 is 32.2 Å². The zero-order chi connectivity index (χ0) is 20.3. The first-order valence-corrected chi connectivity index (χ1v) is 8.22. The smallest absolute Gasteiger partial charge is 0.481 e. The highest BCUT2D eigenvalue weighted by Crippen LogP contribution is 2.32. The SMILES string of the molecule is O=C(O)CCCNc1c(-c2cccc(OC(F)(F)F)c2)nc2ccc(F)cn12. The van der Waals surface area contributed by atoms with Gasteiger partial charge in [-0.3, -0.25) is 9.20 Å². The van der Waals surface area contributed by atoms with Crippen LogP contribution in [0.25, 0.3) is 16.9 Å². The van der Waals surface area contributed by atoms with Crippen molar-refractivity contribution in [2.24, 2.45) is 0 Å². The third kappa shape index (κ3) is 4.70. The number of nitrogens with one attached hydrogen (secondary N) is 1. The molecule has 3 rings (SSSR count). The van der Waals surface area contributed by atoms with Gasteiger partial charge in [0, 0.05) is 24.7 Å². The Hall–Kier alpha value is -3.30. The predicted molar refractivity (Wildman–Crippen MR) is 92.6 cm³/mol. The second-order valence-electron chi connectivity index (χ2n) is 5.88. The molecule has 0 amide bonds. The Labute approximate surface area is 156 Å². The number of nitrogens with zero attached hydrogens (tertiary/aromatic N) is 2. The number of hydrogen-bond acceptors (Lipinski definition) is 4. The van der Waals surface area contributed by atoms with Crippen molar-refractivity contribution in [3.8, 4) is 17.0 Å². The van der Waals surface area contributed by atoms with Gasteiger partial charge in [0.1, 0.15) is 28.7 Å². The number of carbonyl (C=O) groups is 1. The highest BCUT2D eigenvalue weighted by atomic mass is 19.4. The lowest BCUT2D eigenvalue weighted by atomic mass is 10.1. The topological polar surface area (TPSA) is 75.9 Å². The Bertz CT molecular complexity index is 1000. The first-order chi connectivity index (χ1) is 13.2. The number of fused-ring (bicyclic) bond motifs is 1. The summed E-state index contributed by atoms with van der Waals surface area (Å²) in [5.41, 5.74) is 0.986. The molecule has 10 heteroatoms. The molecule has 0 radical (unpaired) electrons. The van der Waals surface area contributed by atoms with Crippen molar-refractivity contribution in [3.05, 3.63) is 48.4 Å². The maximum absolute atomic E-state index is 13.7. The Morgan fingerprint density at radius 1 is 1.25 bits per heavy atom. The molecular formula is C18H15F4N3O3. The Morgan fingerprint density at radius 3 is 2.75 bits per heavy atom. The molecule has 0 bridgehead atoms. The van der Waals surface area contributed by atoms with Crippen molar-refractivity contribution >= 4 is 17.4 Å². The van der Waals surface area contributed by atoms with Crippen LogP contribution in [0.3, 0.4) is 0 Å². The van der Waals surface area contributed by atoms with Gasteiger partial charge < -0.3 is 15.2 Å². The van der Waals surface area contributed by atoms with Gasteiger partial charge in [0.2, 0.25) is 0 Å². The number of rotatable bonds is 7. The number of carboxylic acid groups (broad SMARTS) is 1. The number of imidazole rings is 1. The van der Waals surface area contributed by atoms with Crippen LogP contribution in [0.2, 0.25) is 0 Å². The van der Waals surface area contributed by atoms with E-state index in [1.807, 2.05) is 0 Å². The third-order valence-corrected chi connectivity index (χ3v) is 3.78. The molecule has 0 aliphatic carbocycles. The monoisotopic (exact) mass is 397 g/mol. The van der Waals surface area contributed by atoms with E-state index in [1.54, 1.807) is 6.07 Å². The minimum Gasteiger partial charge on any atom is -0.481 e. The molecule has 2 aromatic heterocycles. The van der Waals surface area contributed by atoms with Crippen molar-refractivity contribution in [3.63, 3.8) is 0 Å². The summed E-state index contributed by atoms with van der Waals surface area (Å²) in [6.45, 7) is 0.252. The van der Waals surface area contributed by atoms with Gasteiger partial charge in [0.15, 0.2) is 0 Å². The lowest BCUT2D eigenvalue weighted by Gasteiger charge is -2.11. The fourth-order valence-electron chi connectivity index (χ4n) is 2.68. The second kappa shape index (κ2) is 7.75. The maximum Gasteiger partial charge on any atom is 0.573 e. The van der Waals surface area contributed by atoms with Crippen LogP contribution in [0.4, 0.5) is 23.4 Å². The number of alkyl halides is 3. The summed E-state index contributed by atoms with van der Waals surface area (Å²) in [7, 11) is 0. The fraction of sp³-hybridized carbons (Fsp3) is 0.222. The van der Waals surface area contributed by atoms with Gasteiger partial charge in [-0.2, -0.15) is 0 Å². The van der Waals surface area contributed by atoms with E-state index in [-0.39, 0.29) is 18.7 Å². The maximum atomic E-state index is 13.7. The summed E-state index contributed by atoms with van der Waals surface area (Å²) >= 11 is 0. The van der Waals surface area contributed by atoms with Crippen LogP contribution in [-0.4, -0.2) is 33.4 Å². The number of anilines is 1. The second-order valence-corrected chi connectivity index (χ2v) is 5.88. The number of aromatic nitrogens is 2. The van der Waals surface area contributed by atoms with Crippen LogP contribution in [0.15, 0.2) is 42.6 Å². The Balaban J connectivity index is 1.99.